The number of hydrogen-bond donors (Lipinski definition) is 1. The van der Waals surface area contributed by atoms with Gasteiger partial charge >= 0.3 is 0 Å². The van der Waals surface area contributed by atoms with E-state index in [4.69, 9.17) is 0 Å². The fourth-order valence-electron chi connectivity index (χ4n) is 2.58. The number of pyridine rings is 1. The van der Waals surface area contributed by atoms with Crippen LogP contribution in [0.25, 0.3) is 0 Å². The summed E-state index contributed by atoms with van der Waals surface area (Å²) in [4.78, 5) is 6.91. The van der Waals surface area contributed by atoms with Gasteiger partial charge in [-0.1, -0.05) is 25.1 Å². The predicted octanol–water partition coefficient (Wildman–Crippen LogP) is 4.22. The Morgan fingerprint density at radius 2 is 1.90 bits per heavy atom. The molecule has 0 radical (unpaired) electrons. The van der Waals surface area contributed by atoms with Gasteiger partial charge in [0.05, 0.1) is 17.6 Å². The first-order chi connectivity index (χ1) is 10.2. The third-order valence-electron chi connectivity index (χ3n) is 3.76. The highest BCUT2D eigenvalue weighted by atomic mass is 15.1. The minimum Gasteiger partial charge on any atom is -0.340 e. The number of hydrogen-bond acceptors (Lipinski definition) is 3. The molecule has 0 aliphatic heterocycles. The molecule has 1 N–H and O–H groups in total. The van der Waals surface area contributed by atoms with Crippen molar-refractivity contribution in [2.75, 3.05) is 18.0 Å². The molecule has 1 unspecified atom stereocenters. The maximum atomic E-state index is 4.62. The van der Waals surface area contributed by atoms with E-state index in [2.05, 4.69) is 79.3 Å². The minimum atomic E-state index is 0.289. The zero-order valence-electron chi connectivity index (χ0n) is 13.4. The molecule has 112 valence electrons. The second-order valence-corrected chi connectivity index (χ2v) is 5.25. The first-order valence-corrected chi connectivity index (χ1v) is 7.69. The van der Waals surface area contributed by atoms with E-state index < -0.39 is 0 Å². The van der Waals surface area contributed by atoms with Crippen LogP contribution >= 0.6 is 0 Å². The number of rotatable bonds is 6. The van der Waals surface area contributed by atoms with E-state index in [1.165, 1.54) is 11.3 Å². The minimum absolute atomic E-state index is 0.289. The van der Waals surface area contributed by atoms with Crippen molar-refractivity contribution in [3.63, 3.8) is 0 Å². The molecule has 2 aromatic rings. The molecular formula is C18H25N3. The van der Waals surface area contributed by atoms with Crippen molar-refractivity contribution >= 4 is 11.4 Å². The van der Waals surface area contributed by atoms with Crippen molar-refractivity contribution in [3.8, 4) is 0 Å². The second kappa shape index (κ2) is 7.23. The molecule has 3 heteroatoms. The van der Waals surface area contributed by atoms with Gasteiger partial charge in [0.2, 0.25) is 0 Å². The second-order valence-electron chi connectivity index (χ2n) is 5.25. The van der Waals surface area contributed by atoms with Gasteiger partial charge < -0.3 is 10.2 Å². The number of nitrogens with one attached hydrogen (secondary N) is 1. The van der Waals surface area contributed by atoms with Crippen LogP contribution in [0.4, 0.5) is 11.4 Å². The summed E-state index contributed by atoms with van der Waals surface area (Å²) in [5.74, 6) is 0. The standard InChI is InChI=1S/C18H25N3/c1-5-19-15(4)17-12-11-16(13-20-17)21(6-2)18-10-8-7-9-14(18)3/h7-13,15,19H,5-6H2,1-4H3. The number of benzene rings is 1. The number of anilines is 2. The fraction of sp³-hybridized carbons (Fsp3) is 0.389. The Balaban J connectivity index is 2.26. The van der Waals surface area contributed by atoms with E-state index in [0.717, 1.165) is 24.5 Å². The summed E-state index contributed by atoms with van der Waals surface area (Å²) >= 11 is 0. The number of para-hydroxylation sites is 1. The molecule has 21 heavy (non-hydrogen) atoms. The summed E-state index contributed by atoms with van der Waals surface area (Å²) in [5, 5.41) is 3.39. The van der Waals surface area contributed by atoms with Crippen molar-refractivity contribution in [2.24, 2.45) is 0 Å². The van der Waals surface area contributed by atoms with Gasteiger partial charge in [-0.3, -0.25) is 4.98 Å². The van der Waals surface area contributed by atoms with Gasteiger partial charge in [-0.2, -0.15) is 0 Å². The van der Waals surface area contributed by atoms with Gasteiger partial charge in [0.1, 0.15) is 0 Å². The van der Waals surface area contributed by atoms with Crippen molar-refractivity contribution < 1.29 is 0 Å². The van der Waals surface area contributed by atoms with Crippen LogP contribution < -0.4 is 10.2 Å². The summed E-state index contributed by atoms with van der Waals surface area (Å²) in [6, 6.07) is 13.0. The Morgan fingerprint density at radius 3 is 2.48 bits per heavy atom. The lowest BCUT2D eigenvalue weighted by Gasteiger charge is -2.25. The molecule has 0 aliphatic rings. The molecule has 0 bridgehead atoms. The van der Waals surface area contributed by atoms with E-state index >= 15 is 0 Å². The Kier molecular flexibility index (Phi) is 5.34. The van der Waals surface area contributed by atoms with E-state index in [9.17, 15) is 0 Å². The van der Waals surface area contributed by atoms with Crippen LogP contribution in [-0.2, 0) is 0 Å². The highest BCUT2D eigenvalue weighted by molar-refractivity contribution is 5.65. The normalized spacial score (nSPS) is 12.2. The zero-order valence-corrected chi connectivity index (χ0v) is 13.4. The molecule has 3 nitrogen and oxygen atoms in total. The van der Waals surface area contributed by atoms with Gasteiger partial charge in [-0.25, -0.2) is 0 Å². The highest BCUT2D eigenvalue weighted by Crippen LogP contribution is 2.27. The van der Waals surface area contributed by atoms with Crippen LogP contribution in [0.1, 0.15) is 38.1 Å². The molecule has 1 atom stereocenters. The predicted molar refractivity (Wildman–Crippen MR) is 90.2 cm³/mol. The smallest absolute Gasteiger partial charge is 0.0597 e. The molecule has 0 fully saturated rings. The van der Waals surface area contributed by atoms with Gasteiger partial charge in [0.15, 0.2) is 0 Å². The molecule has 1 aromatic carbocycles. The maximum Gasteiger partial charge on any atom is 0.0597 e. The Morgan fingerprint density at radius 1 is 1.14 bits per heavy atom. The molecule has 0 saturated heterocycles. The Labute approximate surface area is 128 Å². The summed E-state index contributed by atoms with van der Waals surface area (Å²) in [6.45, 7) is 10.4. The molecule has 2 rings (SSSR count). The van der Waals surface area contributed by atoms with Crippen molar-refractivity contribution in [3.05, 3.63) is 53.9 Å². The first-order valence-electron chi connectivity index (χ1n) is 7.69. The van der Waals surface area contributed by atoms with E-state index in [1.807, 2.05) is 6.20 Å². The summed E-state index contributed by atoms with van der Waals surface area (Å²) in [6.07, 6.45) is 1.97. The van der Waals surface area contributed by atoms with E-state index in [0.29, 0.717) is 0 Å². The molecule has 1 aromatic heterocycles. The number of aromatic nitrogens is 1. The van der Waals surface area contributed by atoms with Crippen molar-refractivity contribution in [1.29, 1.82) is 0 Å². The zero-order chi connectivity index (χ0) is 15.2. The van der Waals surface area contributed by atoms with Gasteiger partial charge in [-0.05, 0) is 51.1 Å². The summed E-state index contributed by atoms with van der Waals surface area (Å²) < 4.78 is 0. The van der Waals surface area contributed by atoms with Gasteiger partial charge in [-0.15, -0.1) is 0 Å². The van der Waals surface area contributed by atoms with Crippen molar-refractivity contribution in [1.82, 2.24) is 10.3 Å². The number of aryl methyl sites for hydroxylation is 1. The largest absolute Gasteiger partial charge is 0.340 e. The van der Waals surface area contributed by atoms with Crippen molar-refractivity contribution in [2.45, 2.75) is 33.7 Å². The third kappa shape index (κ3) is 3.61. The SMILES string of the molecule is CCNC(C)c1ccc(N(CC)c2ccccc2C)cn1. The molecular weight excluding hydrogens is 258 g/mol. The highest BCUT2D eigenvalue weighted by Gasteiger charge is 2.11. The average Bonchev–Trinajstić information content (AvgIpc) is 2.51. The van der Waals surface area contributed by atoms with Crippen LogP contribution in [0.2, 0.25) is 0 Å². The molecule has 0 amide bonds. The summed E-state index contributed by atoms with van der Waals surface area (Å²) in [5.41, 5.74) is 4.75. The number of nitrogens with zero attached hydrogens (tertiary/aromatic N) is 2. The average molecular weight is 283 g/mol. The quantitative estimate of drug-likeness (QED) is 0.860. The van der Waals surface area contributed by atoms with Crippen LogP contribution in [0, 0.1) is 6.92 Å². The van der Waals surface area contributed by atoms with Crippen LogP contribution in [0.5, 0.6) is 0 Å². The van der Waals surface area contributed by atoms with Crippen LogP contribution in [0.3, 0.4) is 0 Å². The van der Waals surface area contributed by atoms with Gasteiger partial charge in [0.25, 0.3) is 0 Å². The molecule has 0 saturated carbocycles. The lowest BCUT2D eigenvalue weighted by molar-refractivity contribution is 0.583. The molecule has 0 aliphatic carbocycles. The van der Waals surface area contributed by atoms with Crippen LogP contribution in [-0.4, -0.2) is 18.1 Å². The Hall–Kier alpha value is -1.87. The lowest BCUT2D eigenvalue weighted by Crippen LogP contribution is -2.20. The van der Waals surface area contributed by atoms with Gasteiger partial charge in [0, 0.05) is 18.3 Å². The van der Waals surface area contributed by atoms with E-state index in [1.54, 1.807) is 0 Å². The topological polar surface area (TPSA) is 28.2 Å². The summed E-state index contributed by atoms with van der Waals surface area (Å²) in [7, 11) is 0. The fourth-order valence-corrected chi connectivity index (χ4v) is 2.58. The maximum absolute atomic E-state index is 4.62. The monoisotopic (exact) mass is 283 g/mol. The molecule has 1 heterocycles. The lowest BCUT2D eigenvalue weighted by atomic mass is 10.1. The molecule has 0 spiro atoms. The van der Waals surface area contributed by atoms with Crippen LogP contribution in [0.15, 0.2) is 42.6 Å². The van der Waals surface area contributed by atoms with E-state index in [-0.39, 0.29) is 6.04 Å². The Bertz CT molecular complexity index is 563. The third-order valence-corrected chi connectivity index (χ3v) is 3.76. The first kappa shape index (κ1) is 15.5.